The quantitative estimate of drug-likeness (QED) is 0.695. The molecule has 74 valence electrons. The van der Waals surface area contributed by atoms with Crippen LogP contribution in [-0.4, -0.2) is 18.1 Å². The van der Waals surface area contributed by atoms with Crippen LogP contribution in [0.3, 0.4) is 0 Å². The largest absolute Gasteiger partial charge is 0.497 e. The molecule has 1 aromatic carbocycles. The lowest BCUT2D eigenvalue weighted by Crippen LogP contribution is -2.30. The van der Waals surface area contributed by atoms with Crippen LogP contribution >= 0.6 is 0 Å². The van der Waals surface area contributed by atoms with Gasteiger partial charge in [-0.25, -0.2) is 0 Å². The molecule has 2 N–H and O–H groups in total. The number of benzene rings is 1. The Morgan fingerprint density at radius 1 is 1.50 bits per heavy atom. The Kier molecular flexibility index (Phi) is 1.75. The molecule has 0 unspecified atom stereocenters. The summed E-state index contributed by atoms with van der Waals surface area (Å²) in [6, 6.07) is 5.11. The molecule has 1 heterocycles. The summed E-state index contributed by atoms with van der Waals surface area (Å²) in [7, 11) is 1.54. The molecular formula is C10H11NO3. The molecule has 1 aliphatic rings. The molecule has 0 aliphatic carbocycles. The van der Waals surface area contributed by atoms with Gasteiger partial charge in [0.2, 0.25) is 0 Å². The highest BCUT2D eigenvalue weighted by molar-refractivity contribution is 6.04. The standard InChI is InChI=1S/C10H11NO3/c1-10(13)7-5-6(14-2)3-4-8(7)11-9(10)12/h3-5,13H,1-2H3,(H,11,12)/t10-/m0/s1. The highest BCUT2D eigenvalue weighted by Crippen LogP contribution is 2.37. The third kappa shape index (κ3) is 1.08. The third-order valence-corrected chi connectivity index (χ3v) is 2.44. The fraction of sp³-hybridized carbons (Fsp3) is 0.300. The topological polar surface area (TPSA) is 58.6 Å². The van der Waals surface area contributed by atoms with Gasteiger partial charge in [0.15, 0.2) is 5.60 Å². The van der Waals surface area contributed by atoms with Crippen LogP contribution in [-0.2, 0) is 10.4 Å². The second-order valence-corrected chi connectivity index (χ2v) is 3.44. The molecule has 1 amide bonds. The van der Waals surface area contributed by atoms with Crippen molar-refractivity contribution in [3.8, 4) is 5.75 Å². The van der Waals surface area contributed by atoms with Crippen molar-refractivity contribution >= 4 is 11.6 Å². The first kappa shape index (κ1) is 9.02. The molecule has 4 heteroatoms. The molecule has 1 aliphatic heterocycles. The van der Waals surface area contributed by atoms with E-state index in [0.29, 0.717) is 17.0 Å². The monoisotopic (exact) mass is 193 g/mol. The molecule has 2 rings (SSSR count). The van der Waals surface area contributed by atoms with Gasteiger partial charge in [-0.3, -0.25) is 4.79 Å². The number of methoxy groups -OCH3 is 1. The summed E-state index contributed by atoms with van der Waals surface area (Å²) < 4.78 is 5.02. The third-order valence-electron chi connectivity index (χ3n) is 2.44. The average Bonchev–Trinajstić information content (AvgIpc) is 2.38. The minimum atomic E-state index is -1.45. The van der Waals surface area contributed by atoms with E-state index in [-0.39, 0.29) is 0 Å². The Labute approximate surface area is 81.5 Å². The van der Waals surface area contributed by atoms with Gasteiger partial charge in [-0.05, 0) is 25.1 Å². The van der Waals surface area contributed by atoms with Crippen molar-refractivity contribution in [3.63, 3.8) is 0 Å². The number of hydrogen-bond donors (Lipinski definition) is 2. The number of amides is 1. The lowest BCUT2D eigenvalue weighted by molar-refractivity contribution is -0.131. The number of anilines is 1. The Bertz CT molecular complexity index is 398. The van der Waals surface area contributed by atoms with Crippen LogP contribution in [0.1, 0.15) is 12.5 Å². The van der Waals surface area contributed by atoms with Gasteiger partial charge in [0.25, 0.3) is 5.91 Å². The van der Waals surface area contributed by atoms with E-state index in [4.69, 9.17) is 4.74 Å². The van der Waals surface area contributed by atoms with E-state index >= 15 is 0 Å². The average molecular weight is 193 g/mol. The SMILES string of the molecule is COc1ccc2c(c1)[C@](C)(O)C(=O)N2. The van der Waals surface area contributed by atoms with Crippen molar-refractivity contribution in [3.05, 3.63) is 23.8 Å². The molecule has 0 bridgehead atoms. The van der Waals surface area contributed by atoms with E-state index in [1.165, 1.54) is 6.92 Å². The molecule has 14 heavy (non-hydrogen) atoms. The lowest BCUT2D eigenvalue weighted by atomic mass is 9.98. The van der Waals surface area contributed by atoms with Gasteiger partial charge < -0.3 is 15.2 Å². The lowest BCUT2D eigenvalue weighted by Gasteiger charge is -2.14. The maximum absolute atomic E-state index is 11.4. The Hall–Kier alpha value is -1.55. The van der Waals surface area contributed by atoms with Crippen molar-refractivity contribution in [2.75, 3.05) is 12.4 Å². The number of rotatable bonds is 1. The van der Waals surface area contributed by atoms with Crippen molar-refractivity contribution in [1.29, 1.82) is 0 Å². The van der Waals surface area contributed by atoms with E-state index in [1.54, 1.807) is 25.3 Å². The number of carbonyl (C=O) groups excluding carboxylic acids is 1. The summed E-state index contributed by atoms with van der Waals surface area (Å²) in [5.41, 5.74) is -0.258. The smallest absolute Gasteiger partial charge is 0.260 e. The summed E-state index contributed by atoms with van der Waals surface area (Å²) in [4.78, 5) is 11.4. The summed E-state index contributed by atoms with van der Waals surface area (Å²) in [5.74, 6) is 0.223. The van der Waals surface area contributed by atoms with Crippen LogP contribution in [0.15, 0.2) is 18.2 Å². The van der Waals surface area contributed by atoms with Crippen molar-refractivity contribution in [1.82, 2.24) is 0 Å². The fourth-order valence-corrected chi connectivity index (χ4v) is 1.53. The molecule has 0 saturated carbocycles. The number of ether oxygens (including phenoxy) is 1. The zero-order valence-electron chi connectivity index (χ0n) is 8.00. The molecule has 0 radical (unpaired) electrons. The summed E-state index contributed by atoms with van der Waals surface area (Å²) in [6.07, 6.45) is 0. The Morgan fingerprint density at radius 2 is 2.21 bits per heavy atom. The van der Waals surface area contributed by atoms with E-state index in [0.717, 1.165) is 0 Å². The Morgan fingerprint density at radius 3 is 2.86 bits per heavy atom. The maximum Gasteiger partial charge on any atom is 0.260 e. The maximum atomic E-state index is 11.4. The van der Waals surface area contributed by atoms with E-state index in [2.05, 4.69) is 5.32 Å². The second kappa shape index (κ2) is 2.72. The van der Waals surface area contributed by atoms with Crippen LogP contribution < -0.4 is 10.1 Å². The van der Waals surface area contributed by atoms with Crippen LogP contribution in [0.25, 0.3) is 0 Å². The van der Waals surface area contributed by atoms with Gasteiger partial charge >= 0.3 is 0 Å². The highest BCUT2D eigenvalue weighted by atomic mass is 16.5. The first-order valence-electron chi connectivity index (χ1n) is 4.28. The molecule has 0 fully saturated rings. The number of carbonyl (C=O) groups is 1. The van der Waals surface area contributed by atoms with Gasteiger partial charge in [-0.2, -0.15) is 0 Å². The zero-order chi connectivity index (χ0) is 10.3. The predicted octanol–water partition coefficient (Wildman–Crippen LogP) is 0.855. The van der Waals surface area contributed by atoms with Crippen molar-refractivity contribution in [2.45, 2.75) is 12.5 Å². The molecule has 1 aromatic rings. The molecule has 4 nitrogen and oxygen atoms in total. The van der Waals surface area contributed by atoms with E-state index in [1.807, 2.05) is 0 Å². The van der Waals surface area contributed by atoms with Gasteiger partial charge in [-0.1, -0.05) is 0 Å². The predicted molar refractivity (Wildman–Crippen MR) is 51.2 cm³/mol. The Balaban J connectivity index is 2.56. The first-order valence-corrected chi connectivity index (χ1v) is 4.28. The van der Waals surface area contributed by atoms with Crippen molar-refractivity contribution in [2.24, 2.45) is 0 Å². The van der Waals surface area contributed by atoms with Gasteiger partial charge in [-0.15, -0.1) is 0 Å². The van der Waals surface area contributed by atoms with E-state index in [9.17, 15) is 9.90 Å². The fourth-order valence-electron chi connectivity index (χ4n) is 1.53. The van der Waals surface area contributed by atoms with Gasteiger partial charge in [0, 0.05) is 11.3 Å². The zero-order valence-corrected chi connectivity index (χ0v) is 8.00. The van der Waals surface area contributed by atoms with Gasteiger partial charge in [0.05, 0.1) is 7.11 Å². The normalized spacial score (nSPS) is 24.4. The van der Waals surface area contributed by atoms with Crippen molar-refractivity contribution < 1.29 is 14.6 Å². The number of aliphatic hydroxyl groups is 1. The number of hydrogen-bond acceptors (Lipinski definition) is 3. The molecule has 1 atom stereocenters. The summed E-state index contributed by atoms with van der Waals surface area (Å²) in [6.45, 7) is 1.47. The van der Waals surface area contributed by atoms with Crippen LogP contribution in [0.2, 0.25) is 0 Å². The van der Waals surface area contributed by atoms with Crippen LogP contribution in [0.5, 0.6) is 5.75 Å². The van der Waals surface area contributed by atoms with E-state index < -0.39 is 11.5 Å². The molecule has 0 saturated heterocycles. The molecular weight excluding hydrogens is 182 g/mol. The first-order chi connectivity index (χ1) is 6.55. The molecule has 0 aromatic heterocycles. The second-order valence-electron chi connectivity index (χ2n) is 3.44. The molecule has 0 spiro atoms. The summed E-state index contributed by atoms with van der Waals surface area (Å²) >= 11 is 0. The van der Waals surface area contributed by atoms with Gasteiger partial charge in [0.1, 0.15) is 5.75 Å². The number of nitrogens with one attached hydrogen (secondary N) is 1. The van der Waals surface area contributed by atoms with Crippen LogP contribution in [0.4, 0.5) is 5.69 Å². The minimum absolute atomic E-state index is 0.402. The minimum Gasteiger partial charge on any atom is -0.497 e. The van der Waals surface area contributed by atoms with Crippen LogP contribution in [0, 0.1) is 0 Å². The number of fused-ring (bicyclic) bond motifs is 1. The highest BCUT2D eigenvalue weighted by Gasteiger charge is 2.40. The summed E-state index contributed by atoms with van der Waals surface area (Å²) in [5, 5.41) is 12.5.